The number of nitrogens with zero attached hydrogens (tertiary/aromatic N) is 3. The summed E-state index contributed by atoms with van der Waals surface area (Å²) in [5.74, 6) is 0.501. The largest absolute Gasteiger partial charge is 0.459 e. The Bertz CT molecular complexity index is 2580. The highest BCUT2D eigenvalue weighted by molar-refractivity contribution is 6.03. The highest BCUT2D eigenvalue weighted by atomic mass is 16.7. The summed E-state index contributed by atoms with van der Waals surface area (Å²) >= 11 is 0. The minimum absolute atomic E-state index is 0.0123. The van der Waals surface area contributed by atoms with Crippen molar-refractivity contribution in [1.29, 1.82) is 0 Å². The van der Waals surface area contributed by atoms with Crippen LogP contribution in [0.5, 0.6) is 28.7 Å². The molecule has 0 aromatic heterocycles. The number of fused-ring (bicyclic) bond motifs is 3. The fourth-order valence-corrected chi connectivity index (χ4v) is 10.4. The van der Waals surface area contributed by atoms with Crippen molar-refractivity contribution >= 4 is 17.5 Å². The Morgan fingerprint density at radius 1 is 0.886 bits per heavy atom. The molecular formula is C55H63N3O12. The molecule has 0 bridgehead atoms. The van der Waals surface area contributed by atoms with E-state index in [2.05, 4.69) is 39.1 Å². The fraction of sp³-hybridized carbons (Fsp3) is 0.418. The first-order valence-corrected chi connectivity index (χ1v) is 24.2. The number of benzene rings is 4. The average Bonchev–Trinajstić information content (AvgIpc) is 3.83. The molecule has 6 atom stereocenters. The van der Waals surface area contributed by atoms with Gasteiger partial charge in [-0.3, -0.25) is 15.0 Å². The summed E-state index contributed by atoms with van der Waals surface area (Å²) < 4.78 is 38.7. The molecule has 2 aliphatic carbocycles. The Morgan fingerprint density at radius 2 is 1.61 bits per heavy atom. The van der Waals surface area contributed by atoms with Gasteiger partial charge in [-0.2, -0.15) is 0 Å². The number of hydrogen-bond donors (Lipinski definition) is 2. The van der Waals surface area contributed by atoms with Crippen LogP contribution in [0.2, 0.25) is 0 Å². The van der Waals surface area contributed by atoms with Crippen molar-refractivity contribution in [1.82, 2.24) is 4.90 Å². The highest BCUT2D eigenvalue weighted by Gasteiger charge is 2.65. The number of aryl methyl sites for hydroxylation is 2. The molecule has 0 unspecified atom stereocenters. The number of aliphatic hydroxyl groups is 2. The Hall–Kier alpha value is -6.68. The van der Waals surface area contributed by atoms with Gasteiger partial charge in [-0.1, -0.05) is 48.4 Å². The van der Waals surface area contributed by atoms with Crippen LogP contribution >= 0.6 is 0 Å². The molecule has 15 heteroatoms. The van der Waals surface area contributed by atoms with Gasteiger partial charge in [0.2, 0.25) is 12.6 Å². The zero-order chi connectivity index (χ0) is 49.2. The number of aliphatic hydroxyl groups excluding tert-OH is 2. The van der Waals surface area contributed by atoms with Crippen LogP contribution in [0, 0.1) is 41.7 Å². The molecule has 0 saturated heterocycles. The maximum atomic E-state index is 14.9. The van der Waals surface area contributed by atoms with Gasteiger partial charge in [0.25, 0.3) is 5.69 Å². The summed E-state index contributed by atoms with van der Waals surface area (Å²) in [6.45, 7) is 12.4. The lowest BCUT2D eigenvalue weighted by atomic mass is 9.55. The summed E-state index contributed by atoms with van der Waals surface area (Å²) in [6, 6.07) is 22.7. The number of amides is 1. The molecular weight excluding hydrogens is 895 g/mol. The van der Waals surface area contributed by atoms with Gasteiger partial charge in [-0.25, -0.2) is 4.79 Å². The fourth-order valence-electron chi connectivity index (χ4n) is 10.4. The van der Waals surface area contributed by atoms with Crippen molar-refractivity contribution in [3.05, 3.63) is 154 Å². The zero-order valence-corrected chi connectivity index (χ0v) is 40.0. The third-order valence-electron chi connectivity index (χ3n) is 13.9. The minimum atomic E-state index is -1.56. The predicted molar refractivity (Wildman–Crippen MR) is 263 cm³/mol. The lowest BCUT2D eigenvalue weighted by Gasteiger charge is -2.59. The number of nitro groups is 1. The Morgan fingerprint density at radius 3 is 2.36 bits per heavy atom. The zero-order valence-electron chi connectivity index (χ0n) is 40.0. The van der Waals surface area contributed by atoms with Crippen LogP contribution in [0.4, 0.5) is 10.5 Å². The van der Waals surface area contributed by atoms with E-state index in [1.54, 1.807) is 29.2 Å². The normalized spacial score (nSPS) is 22.2. The molecule has 0 radical (unpaired) electrons. The summed E-state index contributed by atoms with van der Waals surface area (Å²) in [4.78, 5) is 33.8. The van der Waals surface area contributed by atoms with E-state index < -0.39 is 28.8 Å². The Kier molecular flexibility index (Phi) is 16.2. The second kappa shape index (κ2) is 22.8. The molecule has 0 spiro atoms. The molecule has 4 aromatic carbocycles. The van der Waals surface area contributed by atoms with Crippen molar-refractivity contribution in [2.24, 2.45) is 22.9 Å². The third kappa shape index (κ3) is 10.9. The number of carbonyl (C=O) groups excluding carboxylic acids is 1. The van der Waals surface area contributed by atoms with Gasteiger partial charge in [0, 0.05) is 49.8 Å². The average molecular weight is 958 g/mol. The van der Waals surface area contributed by atoms with Crippen LogP contribution in [0.25, 0.3) is 0 Å². The minimum Gasteiger partial charge on any atom is -0.459 e. The van der Waals surface area contributed by atoms with E-state index in [9.17, 15) is 25.1 Å². The van der Waals surface area contributed by atoms with Crippen LogP contribution in [-0.2, 0) is 27.5 Å². The Balaban J connectivity index is 1.33. The second-order valence-electron chi connectivity index (χ2n) is 18.3. The van der Waals surface area contributed by atoms with Crippen LogP contribution in [0.3, 0.4) is 0 Å². The number of nitro benzene ring substituents is 1. The lowest BCUT2D eigenvalue weighted by Crippen LogP contribution is -2.70. The second-order valence-corrected chi connectivity index (χ2v) is 18.3. The highest BCUT2D eigenvalue weighted by Crippen LogP contribution is 2.62. The van der Waals surface area contributed by atoms with E-state index in [4.69, 9.17) is 38.4 Å². The summed E-state index contributed by atoms with van der Waals surface area (Å²) in [6.07, 6.45) is 9.81. The molecule has 15 nitrogen and oxygen atoms in total. The molecule has 370 valence electrons. The van der Waals surface area contributed by atoms with Crippen LogP contribution < -0.4 is 18.9 Å². The summed E-state index contributed by atoms with van der Waals surface area (Å²) in [5.41, 5.74) is 5.95. The molecule has 8 rings (SSSR count). The first-order chi connectivity index (χ1) is 34.1. The molecule has 2 heterocycles. The standard InChI is InChI=1S/C55H63N3O12/c1-5-7-27-64-54(61)57(33-39-17-22-49-50(29-39)66-35-65-49)51-32-47(56-68-34-38-15-18-41(19-16-38)58(62)63)45-30-40(12-8-10-24-59)44(13-9-11-25-60)52-46-31-43(69-42-20-14-36(3)37(4)28-42)21-23-48(46)70-55(51,53(45)52)67-26-6-2/h5-6,14-23,28-31,40,44,51-53,59-60H,1-2,7-13,24-27,32-35H2,3-4H3/t40-,44+,51-,52+,53+,55+/m0/s1. The number of non-ortho nitro benzene ring substituents is 1. The van der Waals surface area contributed by atoms with E-state index in [0.717, 1.165) is 53.5 Å². The third-order valence-corrected chi connectivity index (χ3v) is 13.9. The van der Waals surface area contributed by atoms with Crippen LogP contribution in [0.15, 0.2) is 121 Å². The number of ether oxygens (including phenoxy) is 6. The van der Waals surface area contributed by atoms with Crippen LogP contribution in [0.1, 0.15) is 85.1 Å². The van der Waals surface area contributed by atoms with Crippen molar-refractivity contribution in [2.45, 2.75) is 96.1 Å². The smallest absolute Gasteiger partial charge is 0.410 e. The van der Waals surface area contributed by atoms with Crippen molar-refractivity contribution in [3.8, 4) is 28.7 Å². The predicted octanol–water partition coefficient (Wildman–Crippen LogP) is 10.8. The first-order valence-electron chi connectivity index (χ1n) is 24.2. The molecule has 1 saturated carbocycles. The van der Waals surface area contributed by atoms with E-state index in [1.165, 1.54) is 12.1 Å². The number of hydrogen-bond acceptors (Lipinski definition) is 13. The molecule has 4 aromatic rings. The summed E-state index contributed by atoms with van der Waals surface area (Å²) in [7, 11) is 0. The van der Waals surface area contributed by atoms with Gasteiger partial charge >= 0.3 is 6.09 Å². The van der Waals surface area contributed by atoms with Crippen LogP contribution in [-0.4, -0.2) is 76.9 Å². The lowest BCUT2D eigenvalue weighted by molar-refractivity contribution is -0.384. The van der Waals surface area contributed by atoms with Crippen molar-refractivity contribution in [2.75, 3.05) is 33.2 Å². The number of unbranched alkanes of at least 4 members (excludes halogenated alkanes) is 2. The molecule has 4 aliphatic rings. The maximum absolute atomic E-state index is 14.9. The quantitative estimate of drug-likeness (QED) is 0.0311. The van der Waals surface area contributed by atoms with Crippen molar-refractivity contribution in [3.63, 3.8) is 0 Å². The maximum Gasteiger partial charge on any atom is 0.410 e. The number of allylic oxidation sites excluding steroid dienone is 1. The monoisotopic (exact) mass is 957 g/mol. The van der Waals surface area contributed by atoms with Gasteiger partial charge in [-0.15, -0.1) is 13.2 Å². The summed E-state index contributed by atoms with van der Waals surface area (Å²) in [5, 5.41) is 36.5. The molecule has 2 aliphatic heterocycles. The van der Waals surface area contributed by atoms with Gasteiger partial charge in [0.15, 0.2) is 11.5 Å². The molecule has 1 amide bonds. The number of oxime groups is 1. The number of rotatable bonds is 23. The van der Waals surface area contributed by atoms with Crippen molar-refractivity contribution < 1.29 is 53.2 Å². The van der Waals surface area contributed by atoms with Gasteiger partial charge in [0.1, 0.15) is 29.9 Å². The van der Waals surface area contributed by atoms with E-state index in [-0.39, 0.29) is 76.2 Å². The molecule has 2 N–H and O–H groups in total. The molecule has 1 fully saturated rings. The van der Waals surface area contributed by atoms with E-state index in [0.29, 0.717) is 59.3 Å². The SMILES string of the molecule is C=CCCOC(=O)N(Cc1ccc2c(c1)OCO2)[C@H]1CC(=NOCc2ccc([N+](=O)[O-])cc2)C2=C[C@H](CCCCO)[C@@H](CCCCO)[C@@H]3c4cc(Oc5ccc(C)c(C)c5)ccc4O[C@@]1(OCC=C)[C@H]23. The van der Waals surface area contributed by atoms with Gasteiger partial charge in [-0.05, 0) is 140 Å². The van der Waals surface area contributed by atoms with E-state index >= 15 is 0 Å². The van der Waals surface area contributed by atoms with Gasteiger partial charge < -0.3 is 43.5 Å². The van der Waals surface area contributed by atoms with Gasteiger partial charge in [0.05, 0.1) is 29.8 Å². The Labute approximate surface area is 409 Å². The first kappa shape index (κ1) is 49.7. The van der Waals surface area contributed by atoms with E-state index in [1.807, 2.05) is 48.5 Å². The molecule has 70 heavy (non-hydrogen) atoms. The number of carbonyl (C=O) groups is 1. The topological polar surface area (TPSA) is 181 Å².